The minimum atomic E-state index is -1.10. The molecule has 182 valence electrons. The average molecular weight is 492 g/mol. The minimum Gasteiger partial charge on any atom is -0.477 e. The van der Waals surface area contributed by atoms with E-state index in [0.717, 1.165) is 41.9 Å². The topological polar surface area (TPSA) is 92.7 Å². The highest BCUT2D eigenvalue weighted by molar-refractivity contribution is 7.15. The van der Waals surface area contributed by atoms with Crippen LogP contribution in [0.2, 0.25) is 0 Å². The fraction of sp³-hybridized carbons (Fsp3) is 0.385. The second-order valence-corrected chi connectivity index (χ2v) is 10.5. The van der Waals surface area contributed by atoms with E-state index in [-0.39, 0.29) is 29.2 Å². The first-order chi connectivity index (χ1) is 16.8. The van der Waals surface area contributed by atoms with Crippen molar-refractivity contribution in [2.45, 2.75) is 52.5 Å². The van der Waals surface area contributed by atoms with Crippen LogP contribution >= 0.6 is 11.3 Å². The lowest BCUT2D eigenvalue weighted by Crippen LogP contribution is -2.43. The number of rotatable bonds is 6. The number of carbonyl (C=O) groups excluding carboxylic acids is 1. The number of hydrogen-bond acceptors (Lipinski definition) is 5. The van der Waals surface area contributed by atoms with Crippen LogP contribution in [0.25, 0.3) is 21.9 Å². The van der Waals surface area contributed by atoms with Gasteiger partial charge < -0.3 is 5.11 Å². The summed E-state index contributed by atoms with van der Waals surface area (Å²) in [7, 11) is 0. The number of aromatic nitrogens is 4. The maximum absolute atomic E-state index is 13.5. The number of amides is 1. The zero-order chi connectivity index (χ0) is 24.7. The molecule has 0 unspecified atom stereocenters. The van der Waals surface area contributed by atoms with E-state index in [9.17, 15) is 14.7 Å². The molecule has 0 bridgehead atoms. The van der Waals surface area contributed by atoms with Crippen molar-refractivity contribution in [1.29, 1.82) is 0 Å². The maximum Gasteiger partial charge on any atom is 0.341 e. The summed E-state index contributed by atoms with van der Waals surface area (Å²) in [4.78, 5) is 32.8. The number of carboxylic acid groups (broad SMARTS) is 1. The number of fused-ring (bicyclic) bond motifs is 1. The molecule has 9 heteroatoms. The molecule has 1 aliphatic carbocycles. The average Bonchev–Trinajstić information content (AvgIpc) is 3.55. The number of benzene rings is 1. The van der Waals surface area contributed by atoms with Gasteiger partial charge in [-0.05, 0) is 57.6 Å². The highest BCUT2D eigenvalue weighted by Crippen LogP contribution is 2.33. The van der Waals surface area contributed by atoms with Crippen LogP contribution in [0.1, 0.15) is 56.8 Å². The molecule has 0 radical (unpaired) electrons. The third-order valence-corrected chi connectivity index (χ3v) is 7.56. The van der Waals surface area contributed by atoms with Crippen molar-refractivity contribution in [2.75, 3.05) is 4.90 Å². The number of hydrogen-bond donors (Lipinski definition) is 1. The summed E-state index contributed by atoms with van der Waals surface area (Å²) in [6.07, 6.45) is 9.14. The Bertz CT molecular complexity index is 1330. The molecule has 35 heavy (non-hydrogen) atoms. The third kappa shape index (κ3) is 4.48. The van der Waals surface area contributed by atoms with E-state index < -0.39 is 5.97 Å². The lowest BCUT2D eigenvalue weighted by molar-refractivity contribution is -0.123. The van der Waals surface area contributed by atoms with Gasteiger partial charge in [0.15, 0.2) is 10.8 Å². The summed E-state index contributed by atoms with van der Waals surface area (Å²) < 4.78 is 3.53. The van der Waals surface area contributed by atoms with Gasteiger partial charge in [-0.25, -0.2) is 14.5 Å². The van der Waals surface area contributed by atoms with Crippen molar-refractivity contribution >= 4 is 34.0 Å². The molecule has 8 nitrogen and oxygen atoms in total. The zero-order valence-electron chi connectivity index (χ0n) is 20.1. The molecule has 5 rings (SSSR count). The summed E-state index contributed by atoms with van der Waals surface area (Å²) >= 11 is 1.58. The Kier molecular flexibility index (Phi) is 6.19. The summed E-state index contributed by atoms with van der Waals surface area (Å²) in [6.45, 7) is 6.02. The third-order valence-electron chi connectivity index (χ3n) is 6.79. The summed E-state index contributed by atoms with van der Waals surface area (Å²) in [5.41, 5.74) is 2.57. The van der Waals surface area contributed by atoms with Gasteiger partial charge in [0.1, 0.15) is 5.56 Å². The van der Waals surface area contributed by atoms with Crippen molar-refractivity contribution in [3.8, 4) is 16.9 Å². The fourth-order valence-corrected chi connectivity index (χ4v) is 5.48. The predicted octanol–water partition coefficient (Wildman–Crippen LogP) is 5.51. The summed E-state index contributed by atoms with van der Waals surface area (Å²) in [5.74, 6) is -0.396. The highest BCUT2D eigenvalue weighted by Gasteiger charge is 2.34. The van der Waals surface area contributed by atoms with Crippen LogP contribution in [0.5, 0.6) is 0 Å². The molecule has 3 aromatic heterocycles. The summed E-state index contributed by atoms with van der Waals surface area (Å²) in [5, 5.41) is 16.5. The lowest BCUT2D eigenvalue weighted by atomic mass is 9.82. The largest absolute Gasteiger partial charge is 0.477 e. The molecule has 1 fully saturated rings. The van der Waals surface area contributed by atoms with Crippen LogP contribution in [-0.2, 0) is 4.79 Å². The molecule has 0 atom stereocenters. The van der Waals surface area contributed by atoms with Crippen LogP contribution in [-0.4, -0.2) is 42.2 Å². The van der Waals surface area contributed by atoms with Gasteiger partial charge in [-0.15, -0.1) is 16.4 Å². The van der Waals surface area contributed by atoms with Gasteiger partial charge in [0.2, 0.25) is 5.91 Å². The summed E-state index contributed by atoms with van der Waals surface area (Å²) in [6, 6.07) is 7.45. The zero-order valence-corrected chi connectivity index (χ0v) is 20.9. The Morgan fingerprint density at radius 3 is 2.46 bits per heavy atom. The van der Waals surface area contributed by atoms with Crippen molar-refractivity contribution in [3.63, 3.8) is 0 Å². The lowest BCUT2D eigenvalue weighted by Gasteiger charge is -2.32. The Hall–Kier alpha value is -3.46. The van der Waals surface area contributed by atoms with Gasteiger partial charge in [0.05, 0.1) is 11.4 Å². The van der Waals surface area contributed by atoms with Crippen LogP contribution in [0.3, 0.4) is 0 Å². The molecule has 1 N–H and O–H groups in total. The maximum atomic E-state index is 13.5. The van der Waals surface area contributed by atoms with Gasteiger partial charge in [-0.1, -0.05) is 19.1 Å². The quantitative estimate of drug-likeness (QED) is 0.384. The number of aromatic carboxylic acids is 1. The Labute approximate surface area is 207 Å². The van der Waals surface area contributed by atoms with Gasteiger partial charge in [-0.2, -0.15) is 0 Å². The smallest absolute Gasteiger partial charge is 0.341 e. The van der Waals surface area contributed by atoms with Crippen LogP contribution in [0.15, 0.2) is 48.2 Å². The first-order valence-electron chi connectivity index (χ1n) is 12.0. The molecule has 1 aliphatic rings. The van der Waals surface area contributed by atoms with Crippen molar-refractivity contribution in [2.24, 2.45) is 11.8 Å². The Balaban J connectivity index is 1.46. The molecular weight excluding hydrogens is 462 g/mol. The molecule has 1 amide bonds. The number of anilines is 1. The minimum absolute atomic E-state index is 0.0228. The van der Waals surface area contributed by atoms with Crippen LogP contribution < -0.4 is 4.90 Å². The van der Waals surface area contributed by atoms with E-state index in [1.54, 1.807) is 20.9 Å². The molecule has 0 spiro atoms. The Morgan fingerprint density at radius 2 is 1.83 bits per heavy atom. The van der Waals surface area contributed by atoms with Gasteiger partial charge in [0, 0.05) is 41.5 Å². The Morgan fingerprint density at radius 1 is 1.11 bits per heavy atom. The number of imidazole rings is 1. The first-order valence-corrected chi connectivity index (χ1v) is 12.9. The molecule has 4 aromatic rings. The monoisotopic (exact) mass is 491 g/mol. The molecule has 1 aromatic carbocycles. The number of carbonyl (C=O) groups is 2. The predicted molar refractivity (Wildman–Crippen MR) is 136 cm³/mol. The molecule has 0 aliphatic heterocycles. The number of thiazole rings is 1. The highest BCUT2D eigenvalue weighted by atomic mass is 32.1. The van der Waals surface area contributed by atoms with E-state index in [0.29, 0.717) is 11.6 Å². The van der Waals surface area contributed by atoms with Crippen LogP contribution in [0, 0.1) is 11.8 Å². The molecule has 3 heterocycles. The van der Waals surface area contributed by atoms with Gasteiger partial charge >= 0.3 is 5.97 Å². The second kappa shape index (κ2) is 9.30. The van der Waals surface area contributed by atoms with E-state index in [1.807, 2.05) is 60.3 Å². The fourth-order valence-electron chi connectivity index (χ4n) is 4.78. The SMILES string of the molecule is CC1CCC(C(=O)N(c2nn(-c3ccc(-c4cn5ccsc5n4)cc3)cc2C(=O)O)C(C)C)CC1. The van der Waals surface area contributed by atoms with E-state index >= 15 is 0 Å². The van der Waals surface area contributed by atoms with E-state index in [1.165, 1.54) is 6.20 Å². The van der Waals surface area contributed by atoms with Gasteiger partial charge in [0.25, 0.3) is 0 Å². The number of carboxylic acids is 1. The molecular formula is C26H29N5O3S. The number of nitrogens with zero attached hydrogens (tertiary/aromatic N) is 5. The van der Waals surface area contributed by atoms with Crippen molar-refractivity contribution in [1.82, 2.24) is 19.2 Å². The van der Waals surface area contributed by atoms with Crippen LogP contribution in [0.4, 0.5) is 5.82 Å². The van der Waals surface area contributed by atoms with Crippen molar-refractivity contribution in [3.05, 3.63) is 53.8 Å². The molecule has 0 saturated heterocycles. The van der Waals surface area contributed by atoms with E-state index in [2.05, 4.69) is 17.0 Å². The normalized spacial score (nSPS) is 18.3. The second-order valence-electron chi connectivity index (χ2n) is 9.64. The standard InChI is InChI=1S/C26H29N5O3S/c1-16(2)31(24(32)19-6-4-17(3)5-7-19)23-21(25(33)34)14-30(28-23)20-10-8-18(9-11-20)22-15-29-12-13-35-26(29)27-22/h8-17,19H,4-7H2,1-3H3,(H,33,34). The van der Waals surface area contributed by atoms with E-state index in [4.69, 9.17) is 0 Å². The molecule has 1 saturated carbocycles. The first kappa shape index (κ1) is 23.3. The van der Waals surface area contributed by atoms with Gasteiger partial charge in [-0.3, -0.25) is 14.1 Å². The van der Waals surface area contributed by atoms with Crippen molar-refractivity contribution < 1.29 is 14.7 Å².